The average molecular weight is 266 g/mol. The van der Waals surface area contributed by atoms with Crippen molar-refractivity contribution in [1.29, 1.82) is 0 Å². The lowest BCUT2D eigenvalue weighted by Gasteiger charge is -2.31. The fourth-order valence-corrected chi connectivity index (χ4v) is 4.02. The highest BCUT2D eigenvalue weighted by Gasteiger charge is 2.29. The van der Waals surface area contributed by atoms with Crippen molar-refractivity contribution in [3.8, 4) is 5.75 Å². The van der Waals surface area contributed by atoms with Gasteiger partial charge in [0.05, 0.1) is 10.1 Å². The third-order valence-corrected chi connectivity index (χ3v) is 5.08. The molecular weight excluding hydrogens is 252 g/mol. The Bertz CT molecular complexity index is 687. The molecule has 0 bridgehead atoms. The second-order valence-corrected chi connectivity index (χ2v) is 6.15. The van der Waals surface area contributed by atoms with Gasteiger partial charge in [0.1, 0.15) is 11.9 Å². The molecule has 2 aromatic rings. The van der Waals surface area contributed by atoms with Gasteiger partial charge in [0.2, 0.25) is 0 Å². The van der Waals surface area contributed by atoms with Gasteiger partial charge in [-0.3, -0.25) is 0 Å². The molecule has 1 aliphatic carbocycles. The number of allylic oxidation sites excluding steroid dienone is 3. The van der Waals surface area contributed by atoms with E-state index in [1.54, 1.807) is 0 Å². The Morgan fingerprint density at radius 3 is 3.00 bits per heavy atom. The molecule has 0 aromatic heterocycles. The van der Waals surface area contributed by atoms with Crippen LogP contribution in [0.5, 0.6) is 5.75 Å². The minimum Gasteiger partial charge on any atom is -0.484 e. The fraction of sp³-hybridized carbons (Fsp3) is 0.176. The van der Waals surface area contributed by atoms with Gasteiger partial charge in [-0.05, 0) is 29.3 Å². The Morgan fingerprint density at radius 2 is 2.00 bits per heavy atom. The summed E-state index contributed by atoms with van der Waals surface area (Å²) in [6.07, 6.45) is 9.86. The van der Waals surface area contributed by atoms with Crippen molar-refractivity contribution in [2.24, 2.45) is 0 Å². The summed E-state index contributed by atoms with van der Waals surface area (Å²) in [4.78, 5) is 1.29. The predicted octanol–water partition coefficient (Wildman–Crippen LogP) is 4.58. The number of benzene rings is 2. The van der Waals surface area contributed by atoms with Crippen molar-refractivity contribution in [2.75, 3.05) is 0 Å². The summed E-state index contributed by atoms with van der Waals surface area (Å²) in [5, 5.41) is 3.07. The molecule has 0 N–H and O–H groups in total. The van der Waals surface area contributed by atoms with Crippen LogP contribution in [0.2, 0.25) is 0 Å². The molecule has 0 saturated heterocycles. The summed E-state index contributed by atoms with van der Waals surface area (Å²) in [5.74, 6) is 1.02. The minimum absolute atomic E-state index is 0.189. The Labute approximate surface area is 117 Å². The van der Waals surface area contributed by atoms with Crippen LogP contribution in [0.4, 0.5) is 0 Å². The molecular formula is C17H14OS. The van der Waals surface area contributed by atoms with Crippen LogP contribution in [0.15, 0.2) is 65.6 Å². The van der Waals surface area contributed by atoms with Gasteiger partial charge in [0.15, 0.2) is 0 Å². The minimum atomic E-state index is 0.189. The van der Waals surface area contributed by atoms with Crippen LogP contribution in [0.25, 0.3) is 10.8 Å². The highest BCUT2D eigenvalue weighted by atomic mass is 32.2. The van der Waals surface area contributed by atoms with E-state index in [0.29, 0.717) is 5.25 Å². The first-order chi connectivity index (χ1) is 9.42. The van der Waals surface area contributed by atoms with Crippen molar-refractivity contribution in [2.45, 2.75) is 22.7 Å². The van der Waals surface area contributed by atoms with E-state index in [9.17, 15) is 0 Å². The largest absolute Gasteiger partial charge is 0.484 e. The third-order valence-electron chi connectivity index (χ3n) is 3.66. The predicted molar refractivity (Wildman–Crippen MR) is 80.9 cm³/mol. The van der Waals surface area contributed by atoms with E-state index in [1.807, 2.05) is 11.8 Å². The molecule has 2 aromatic carbocycles. The maximum Gasteiger partial charge on any atom is 0.134 e. The maximum absolute atomic E-state index is 6.18. The smallest absolute Gasteiger partial charge is 0.134 e. The van der Waals surface area contributed by atoms with Crippen LogP contribution < -0.4 is 4.74 Å². The van der Waals surface area contributed by atoms with Crippen molar-refractivity contribution in [3.63, 3.8) is 0 Å². The summed E-state index contributed by atoms with van der Waals surface area (Å²) < 4.78 is 6.18. The van der Waals surface area contributed by atoms with E-state index in [-0.39, 0.29) is 6.10 Å². The molecule has 4 rings (SSSR count). The second kappa shape index (κ2) is 4.46. The second-order valence-electron chi connectivity index (χ2n) is 4.90. The van der Waals surface area contributed by atoms with E-state index in [0.717, 1.165) is 12.2 Å². The van der Waals surface area contributed by atoms with Gasteiger partial charge in [-0.15, -0.1) is 11.8 Å². The Morgan fingerprint density at radius 1 is 1.05 bits per heavy atom. The molecule has 2 unspecified atom stereocenters. The highest BCUT2D eigenvalue weighted by Crippen LogP contribution is 2.45. The van der Waals surface area contributed by atoms with Gasteiger partial charge in [0, 0.05) is 0 Å². The molecule has 1 aliphatic heterocycles. The van der Waals surface area contributed by atoms with Crippen molar-refractivity contribution < 1.29 is 4.74 Å². The number of hydrogen-bond acceptors (Lipinski definition) is 2. The SMILES string of the molecule is C1=CCC2Sc3c(ccc4ccccc34)OC2C=C1. The van der Waals surface area contributed by atoms with Crippen LogP contribution in [0.3, 0.4) is 0 Å². The Kier molecular flexibility index (Phi) is 2.63. The zero-order chi connectivity index (χ0) is 12.7. The number of fused-ring (bicyclic) bond motifs is 4. The van der Waals surface area contributed by atoms with E-state index in [4.69, 9.17) is 4.74 Å². The molecule has 1 nitrogen and oxygen atoms in total. The van der Waals surface area contributed by atoms with Crippen molar-refractivity contribution in [1.82, 2.24) is 0 Å². The molecule has 0 fully saturated rings. The first-order valence-corrected chi connectivity index (χ1v) is 7.48. The summed E-state index contributed by atoms with van der Waals surface area (Å²) in [7, 11) is 0. The summed E-state index contributed by atoms with van der Waals surface area (Å²) in [5.41, 5.74) is 0. The van der Waals surface area contributed by atoms with Crippen molar-refractivity contribution >= 4 is 22.5 Å². The Balaban J connectivity index is 1.85. The van der Waals surface area contributed by atoms with Crippen LogP contribution in [-0.2, 0) is 0 Å². The van der Waals surface area contributed by atoms with Gasteiger partial charge in [-0.1, -0.05) is 48.6 Å². The summed E-state index contributed by atoms with van der Waals surface area (Å²) >= 11 is 1.96. The molecule has 0 saturated carbocycles. The van der Waals surface area contributed by atoms with Crippen LogP contribution in [0, 0.1) is 0 Å². The summed E-state index contributed by atoms with van der Waals surface area (Å²) in [6.45, 7) is 0. The fourth-order valence-electron chi connectivity index (χ4n) is 2.69. The monoisotopic (exact) mass is 266 g/mol. The molecule has 1 heterocycles. The number of thioether (sulfide) groups is 1. The van der Waals surface area contributed by atoms with Crippen LogP contribution >= 0.6 is 11.8 Å². The first-order valence-electron chi connectivity index (χ1n) is 6.60. The highest BCUT2D eigenvalue weighted by molar-refractivity contribution is 8.00. The van der Waals surface area contributed by atoms with Crippen LogP contribution in [-0.4, -0.2) is 11.4 Å². The topological polar surface area (TPSA) is 9.23 Å². The lowest BCUT2D eigenvalue weighted by Crippen LogP contribution is -2.30. The standard InChI is InChI=1S/C17H14OS/c1-2-8-14-16(9-3-1)19-17-13-7-5-4-6-12(13)10-11-15(17)18-14/h1-8,10-11,14,16H,9H2. The van der Waals surface area contributed by atoms with E-state index < -0.39 is 0 Å². The van der Waals surface area contributed by atoms with Gasteiger partial charge in [-0.25, -0.2) is 0 Å². The number of hydrogen-bond donors (Lipinski definition) is 0. The van der Waals surface area contributed by atoms with Gasteiger partial charge < -0.3 is 4.74 Å². The average Bonchev–Trinajstić information content (AvgIpc) is 2.69. The molecule has 94 valence electrons. The van der Waals surface area contributed by atoms with Gasteiger partial charge in [0.25, 0.3) is 0 Å². The Hall–Kier alpha value is -1.67. The quantitative estimate of drug-likeness (QED) is 0.690. The molecule has 2 heteroatoms. The zero-order valence-electron chi connectivity index (χ0n) is 10.5. The van der Waals surface area contributed by atoms with Gasteiger partial charge in [-0.2, -0.15) is 0 Å². The van der Waals surface area contributed by atoms with Crippen LogP contribution in [0.1, 0.15) is 6.42 Å². The van der Waals surface area contributed by atoms with Crippen molar-refractivity contribution in [3.05, 3.63) is 60.7 Å². The molecule has 0 radical (unpaired) electrons. The molecule has 0 amide bonds. The maximum atomic E-state index is 6.18. The third kappa shape index (κ3) is 1.87. The summed E-state index contributed by atoms with van der Waals surface area (Å²) in [6, 6.07) is 12.8. The molecule has 19 heavy (non-hydrogen) atoms. The molecule has 2 aliphatic rings. The number of ether oxygens (including phenoxy) is 1. The lowest BCUT2D eigenvalue weighted by molar-refractivity contribution is 0.234. The molecule has 0 spiro atoms. The van der Waals surface area contributed by atoms with E-state index >= 15 is 0 Å². The number of rotatable bonds is 0. The van der Waals surface area contributed by atoms with Gasteiger partial charge >= 0.3 is 0 Å². The normalized spacial score (nSPS) is 24.4. The zero-order valence-corrected chi connectivity index (χ0v) is 11.3. The van der Waals surface area contributed by atoms with E-state index in [1.165, 1.54) is 15.7 Å². The first kappa shape index (κ1) is 11.2. The lowest BCUT2D eigenvalue weighted by atomic mass is 10.1. The van der Waals surface area contributed by atoms with E-state index in [2.05, 4.69) is 60.7 Å². The molecule has 2 atom stereocenters.